The van der Waals surface area contributed by atoms with E-state index in [4.69, 9.17) is 4.74 Å². The van der Waals surface area contributed by atoms with Crippen molar-refractivity contribution in [2.24, 2.45) is 0 Å². The van der Waals surface area contributed by atoms with Crippen LogP contribution in [-0.4, -0.2) is 24.2 Å². The van der Waals surface area contributed by atoms with Gasteiger partial charge in [0.05, 0.1) is 11.6 Å². The van der Waals surface area contributed by atoms with Gasteiger partial charge in [-0.15, -0.1) is 11.3 Å². The maximum absolute atomic E-state index is 5.50. The summed E-state index contributed by atoms with van der Waals surface area (Å²) in [6.45, 7) is 2.83. The van der Waals surface area contributed by atoms with E-state index >= 15 is 0 Å². The van der Waals surface area contributed by atoms with Crippen molar-refractivity contribution in [3.63, 3.8) is 0 Å². The molecule has 72 valence electrons. The molecule has 0 radical (unpaired) electrons. The minimum Gasteiger partial charge on any atom is -0.377 e. The van der Waals surface area contributed by atoms with Crippen molar-refractivity contribution < 1.29 is 4.74 Å². The van der Waals surface area contributed by atoms with Crippen molar-refractivity contribution in [2.75, 3.05) is 13.2 Å². The third kappa shape index (κ3) is 2.76. The smallest absolute Gasteiger partial charge is 0.0794 e. The lowest BCUT2D eigenvalue weighted by atomic mass is 10.2. The maximum atomic E-state index is 5.50. The highest BCUT2D eigenvalue weighted by atomic mass is 32.1. The van der Waals surface area contributed by atoms with Crippen LogP contribution in [0.15, 0.2) is 11.7 Å². The predicted molar refractivity (Wildman–Crippen MR) is 52.8 cm³/mol. The van der Waals surface area contributed by atoms with Gasteiger partial charge in [-0.05, 0) is 12.8 Å². The van der Waals surface area contributed by atoms with E-state index in [0.717, 1.165) is 19.7 Å². The molecule has 1 N–H and O–H groups in total. The first-order valence-corrected chi connectivity index (χ1v) is 5.53. The minimum atomic E-state index is 0.438. The van der Waals surface area contributed by atoms with E-state index in [2.05, 4.69) is 10.3 Å². The van der Waals surface area contributed by atoms with E-state index in [1.165, 1.54) is 17.7 Å². The average molecular weight is 198 g/mol. The summed E-state index contributed by atoms with van der Waals surface area (Å²) < 4.78 is 5.50. The lowest BCUT2D eigenvalue weighted by molar-refractivity contribution is 0.110. The summed E-state index contributed by atoms with van der Waals surface area (Å²) in [6, 6.07) is 0. The van der Waals surface area contributed by atoms with Crippen LogP contribution < -0.4 is 5.32 Å². The molecular weight excluding hydrogens is 184 g/mol. The van der Waals surface area contributed by atoms with Crippen molar-refractivity contribution in [2.45, 2.75) is 25.5 Å². The van der Waals surface area contributed by atoms with Crippen LogP contribution in [0.4, 0.5) is 0 Å². The van der Waals surface area contributed by atoms with Gasteiger partial charge < -0.3 is 10.1 Å². The molecule has 1 aliphatic rings. The number of aromatic nitrogens is 1. The first-order chi connectivity index (χ1) is 6.45. The normalized spacial score (nSPS) is 22.3. The highest BCUT2D eigenvalue weighted by Crippen LogP contribution is 2.11. The Bertz CT molecular complexity index is 232. The Labute approximate surface area is 82.1 Å². The highest BCUT2D eigenvalue weighted by molar-refractivity contribution is 7.09. The van der Waals surface area contributed by atoms with Gasteiger partial charge in [0.2, 0.25) is 0 Å². The third-order valence-corrected chi connectivity index (χ3v) is 2.96. The van der Waals surface area contributed by atoms with Gasteiger partial charge in [0.25, 0.3) is 0 Å². The Balaban J connectivity index is 1.63. The molecule has 13 heavy (non-hydrogen) atoms. The van der Waals surface area contributed by atoms with E-state index in [1.807, 2.05) is 11.7 Å². The first-order valence-electron chi connectivity index (χ1n) is 4.65. The molecule has 1 saturated heterocycles. The molecule has 0 spiro atoms. The zero-order valence-electron chi connectivity index (χ0n) is 7.53. The Morgan fingerprint density at radius 2 is 2.69 bits per heavy atom. The van der Waals surface area contributed by atoms with Crippen molar-refractivity contribution in [1.82, 2.24) is 10.3 Å². The van der Waals surface area contributed by atoms with Crippen LogP contribution in [0.5, 0.6) is 0 Å². The zero-order chi connectivity index (χ0) is 8.93. The van der Waals surface area contributed by atoms with Gasteiger partial charge in [-0.1, -0.05) is 0 Å². The van der Waals surface area contributed by atoms with Crippen LogP contribution >= 0.6 is 11.3 Å². The number of nitrogens with zero attached hydrogens (tertiary/aromatic N) is 1. The van der Waals surface area contributed by atoms with Crippen LogP contribution in [0.2, 0.25) is 0 Å². The molecule has 1 fully saturated rings. The summed E-state index contributed by atoms with van der Waals surface area (Å²) in [6.07, 6.45) is 4.77. The standard InChI is InChI=1S/C9H14N2OS/c1-2-8(12-3-1)4-10-5-9-6-11-7-13-9/h6-8,10H,1-5H2/t8-/m1/s1. The maximum Gasteiger partial charge on any atom is 0.0794 e. The van der Waals surface area contributed by atoms with Crippen LogP contribution in [0.3, 0.4) is 0 Å². The summed E-state index contributed by atoms with van der Waals surface area (Å²) >= 11 is 1.69. The van der Waals surface area contributed by atoms with Crippen LogP contribution in [-0.2, 0) is 11.3 Å². The van der Waals surface area contributed by atoms with Gasteiger partial charge >= 0.3 is 0 Å². The lowest BCUT2D eigenvalue weighted by Crippen LogP contribution is -2.25. The number of rotatable bonds is 4. The average Bonchev–Trinajstić information content (AvgIpc) is 2.75. The number of hydrogen-bond acceptors (Lipinski definition) is 4. The van der Waals surface area contributed by atoms with Crippen molar-refractivity contribution in [3.8, 4) is 0 Å². The third-order valence-electron chi connectivity index (χ3n) is 2.18. The SMILES string of the molecule is c1ncc(CNC[C@H]2CCCO2)s1. The van der Waals surface area contributed by atoms with E-state index in [-0.39, 0.29) is 0 Å². The quantitative estimate of drug-likeness (QED) is 0.794. The van der Waals surface area contributed by atoms with E-state index in [1.54, 1.807) is 11.3 Å². The summed E-state index contributed by atoms with van der Waals surface area (Å²) in [5.74, 6) is 0. The van der Waals surface area contributed by atoms with Gasteiger partial charge in [0, 0.05) is 30.8 Å². The van der Waals surface area contributed by atoms with Crippen molar-refractivity contribution in [1.29, 1.82) is 0 Å². The molecule has 2 heterocycles. The van der Waals surface area contributed by atoms with Gasteiger partial charge in [0.1, 0.15) is 0 Å². The molecule has 0 aliphatic carbocycles. The second kappa shape index (κ2) is 4.69. The molecule has 4 heteroatoms. The fourth-order valence-electron chi connectivity index (χ4n) is 1.49. The summed E-state index contributed by atoms with van der Waals surface area (Å²) in [7, 11) is 0. The topological polar surface area (TPSA) is 34.2 Å². The lowest BCUT2D eigenvalue weighted by Gasteiger charge is -2.09. The number of thiazole rings is 1. The molecular formula is C9H14N2OS. The molecule has 0 aromatic carbocycles. The first kappa shape index (κ1) is 9.12. The van der Waals surface area contributed by atoms with E-state index in [0.29, 0.717) is 6.10 Å². The zero-order valence-corrected chi connectivity index (χ0v) is 8.35. The molecule has 1 aromatic rings. The Morgan fingerprint density at radius 3 is 3.38 bits per heavy atom. The number of hydrogen-bond donors (Lipinski definition) is 1. The Kier molecular flexibility index (Phi) is 3.29. The minimum absolute atomic E-state index is 0.438. The number of ether oxygens (including phenoxy) is 1. The largest absolute Gasteiger partial charge is 0.377 e. The second-order valence-corrected chi connectivity index (χ2v) is 4.20. The monoisotopic (exact) mass is 198 g/mol. The second-order valence-electron chi connectivity index (χ2n) is 3.23. The molecule has 1 aromatic heterocycles. The van der Waals surface area contributed by atoms with E-state index < -0.39 is 0 Å². The van der Waals surface area contributed by atoms with Crippen LogP contribution in [0.25, 0.3) is 0 Å². The fraction of sp³-hybridized carbons (Fsp3) is 0.667. The van der Waals surface area contributed by atoms with Gasteiger partial charge in [0.15, 0.2) is 0 Å². The molecule has 3 nitrogen and oxygen atoms in total. The summed E-state index contributed by atoms with van der Waals surface area (Å²) in [5.41, 5.74) is 1.86. The molecule has 0 saturated carbocycles. The molecule has 2 rings (SSSR count). The molecule has 1 atom stereocenters. The predicted octanol–water partition coefficient (Wildman–Crippen LogP) is 1.41. The summed E-state index contributed by atoms with van der Waals surface area (Å²) in [4.78, 5) is 5.31. The van der Waals surface area contributed by atoms with Crippen LogP contribution in [0, 0.1) is 0 Å². The Morgan fingerprint density at radius 1 is 1.69 bits per heavy atom. The molecule has 0 amide bonds. The van der Waals surface area contributed by atoms with Gasteiger partial charge in [-0.3, -0.25) is 4.98 Å². The Hall–Kier alpha value is -0.450. The fourth-order valence-corrected chi connectivity index (χ4v) is 2.06. The molecule has 0 unspecified atom stereocenters. The molecule has 1 aliphatic heterocycles. The van der Waals surface area contributed by atoms with Crippen LogP contribution in [0.1, 0.15) is 17.7 Å². The highest BCUT2D eigenvalue weighted by Gasteiger charge is 2.14. The van der Waals surface area contributed by atoms with E-state index in [9.17, 15) is 0 Å². The molecule has 0 bridgehead atoms. The van der Waals surface area contributed by atoms with Gasteiger partial charge in [-0.2, -0.15) is 0 Å². The van der Waals surface area contributed by atoms with Crippen molar-refractivity contribution >= 4 is 11.3 Å². The van der Waals surface area contributed by atoms with Crippen molar-refractivity contribution in [3.05, 3.63) is 16.6 Å². The summed E-state index contributed by atoms with van der Waals surface area (Å²) in [5, 5.41) is 3.38. The van der Waals surface area contributed by atoms with Gasteiger partial charge in [-0.25, -0.2) is 0 Å². The number of nitrogens with one attached hydrogen (secondary N) is 1.